The number of hydrogen-bond donors (Lipinski definition) is 0. The predicted molar refractivity (Wildman–Crippen MR) is 220 cm³/mol. The largest absolute Gasteiger partial charge is 0.228 e. The standard InChI is InChI=1S/C49H34N2S/c1-49(2)41-19-11-9-17-36(41)37-26-25-35(29-42(37)49)31-21-23-33(24-22-31)46-40(28-27-39-38-18-10-12-20-45(38)52-47(39)46)44-30-43(32-13-5-3-6-14-32)50-48(51-44)34-15-7-4-8-16-34/h3-30H,1-2H3. The summed E-state index contributed by atoms with van der Waals surface area (Å²) in [6.45, 7) is 4.69. The second-order valence-corrected chi connectivity index (χ2v) is 15.2. The van der Waals surface area contributed by atoms with E-state index in [0.29, 0.717) is 0 Å². The molecule has 0 spiro atoms. The molecule has 0 bridgehead atoms. The van der Waals surface area contributed by atoms with Gasteiger partial charge in [-0.25, -0.2) is 9.97 Å². The number of hydrogen-bond acceptors (Lipinski definition) is 3. The van der Waals surface area contributed by atoms with E-state index >= 15 is 0 Å². The van der Waals surface area contributed by atoms with Crippen LogP contribution >= 0.6 is 11.3 Å². The van der Waals surface area contributed by atoms with Gasteiger partial charge in [-0.3, -0.25) is 0 Å². The number of aromatic nitrogens is 2. The number of rotatable bonds is 5. The highest BCUT2D eigenvalue weighted by atomic mass is 32.1. The van der Waals surface area contributed by atoms with Gasteiger partial charge in [-0.15, -0.1) is 11.3 Å². The minimum atomic E-state index is -0.0393. The van der Waals surface area contributed by atoms with Gasteiger partial charge in [-0.05, 0) is 57.1 Å². The molecule has 0 saturated heterocycles. The van der Waals surface area contributed by atoms with Crippen LogP contribution in [0.5, 0.6) is 0 Å². The zero-order chi connectivity index (χ0) is 34.8. The molecular weight excluding hydrogens is 649 g/mol. The van der Waals surface area contributed by atoms with E-state index in [1.54, 1.807) is 0 Å². The van der Waals surface area contributed by atoms with Crippen molar-refractivity contribution in [3.63, 3.8) is 0 Å². The fraction of sp³-hybridized carbons (Fsp3) is 0.0612. The lowest BCUT2D eigenvalue weighted by Crippen LogP contribution is -2.14. The molecule has 3 heteroatoms. The molecule has 2 nitrogen and oxygen atoms in total. The first-order valence-electron chi connectivity index (χ1n) is 17.8. The first-order chi connectivity index (χ1) is 25.5. The molecule has 0 amide bonds. The predicted octanol–water partition coefficient (Wildman–Crippen LogP) is 13.5. The van der Waals surface area contributed by atoms with Crippen LogP contribution in [0.4, 0.5) is 0 Å². The average Bonchev–Trinajstić information content (AvgIpc) is 3.70. The van der Waals surface area contributed by atoms with E-state index in [-0.39, 0.29) is 5.41 Å². The molecule has 7 aromatic carbocycles. The summed E-state index contributed by atoms with van der Waals surface area (Å²) in [7, 11) is 0. The highest BCUT2D eigenvalue weighted by molar-refractivity contribution is 7.26. The molecule has 2 aromatic heterocycles. The van der Waals surface area contributed by atoms with Crippen molar-refractivity contribution in [3.05, 3.63) is 181 Å². The fourth-order valence-corrected chi connectivity index (χ4v) is 9.33. The van der Waals surface area contributed by atoms with Crippen LogP contribution in [-0.4, -0.2) is 9.97 Å². The zero-order valence-corrected chi connectivity index (χ0v) is 29.8. The van der Waals surface area contributed by atoms with E-state index in [4.69, 9.17) is 9.97 Å². The maximum absolute atomic E-state index is 5.27. The second kappa shape index (κ2) is 12.0. The number of benzene rings is 7. The quantitative estimate of drug-likeness (QED) is 0.181. The van der Waals surface area contributed by atoms with E-state index in [1.807, 2.05) is 35.6 Å². The van der Waals surface area contributed by atoms with Gasteiger partial charge in [0.15, 0.2) is 5.82 Å². The fourth-order valence-electron chi connectivity index (χ4n) is 8.06. The Hall–Kier alpha value is -6.16. The van der Waals surface area contributed by atoms with Crippen LogP contribution < -0.4 is 0 Å². The van der Waals surface area contributed by atoms with Crippen molar-refractivity contribution in [3.8, 4) is 67.3 Å². The first-order valence-corrected chi connectivity index (χ1v) is 18.6. The van der Waals surface area contributed by atoms with Gasteiger partial charge in [0, 0.05) is 47.8 Å². The van der Waals surface area contributed by atoms with Crippen LogP contribution in [0.25, 0.3) is 87.5 Å². The average molecular weight is 683 g/mol. The van der Waals surface area contributed by atoms with Crippen molar-refractivity contribution in [1.29, 1.82) is 0 Å². The van der Waals surface area contributed by atoms with E-state index < -0.39 is 0 Å². The molecule has 1 aliphatic rings. The summed E-state index contributed by atoms with van der Waals surface area (Å²) < 4.78 is 2.55. The van der Waals surface area contributed by atoms with Crippen LogP contribution in [0.2, 0.25) is 0 Å². The van der Waals surface area contributed by atoms with Crippen LogP contribution in [0, 0.1) is 0 Å². The summed E-state index contributed by atoms with van der Waals surface area (Å²) in [5.74, 6) is 0.719. The molecule has 1 aliphatic carbocycles. The topological polar surface area (TPSA) is 25.8 Å². The molecule has 0 aliphatic heterocycles. The maximum Gasteiger partial charge on any atom is 0.160 e. The maximum atomic E-state index is 5.27. The Morgan fingerprint density at radius 1 is 0.423 bits per heavy atom. The van der Waals surface area contributed by atoms with Crippen LogP contribution in [0.1, 0.15) is 25.0 Å². The monoisotopic (exact) mass is 682 g/mol. The van der Waals surface area contributed by atoms with Gasteiger partial charge < -0.3 is 0 Å². The molecule has 0 atom stereocenters. The van der Waals surface area contributed by atoms with Crippen molar-refractivity contribution in [2.24, 2.45) is 0 Å². The minimum Gasteiger partial charge on any atom is -0.228 e. The summed E-state index contributed by atoms with van der Waals surface area (Å²) in [6, 6.07) is 61.1. The van der Waals surface area contributed by atoms with Crippen molar-refractivity contribution >= 4 is 31.5 Å². The SMILES string of the molecule is CC1(C)c2ccccc2-c2ccc(-c3ccc(-c4c(-c5cc(-c6ccccc6)nc(-c6ccccc6)n5)ccc5c4sc4ccccc45)cc3)cc21. The van der Waals surface area contributed by atoms with Crippen molar-refractivity contribution in [2.75, 3.05) is 0 Å². The lowest BCUT2D eigenvalue weighted by molar-refractivity contribution is 0.660. The van der Waals surface area contributed by atoms with Crippen LogP contribution in [0.15, 0.2) is 170 Å². The molecule has 0 saturated carbocycles. The first kappa shape index (κ1) is 30.6. The normalized spacial score (nSPS) is 13.0. The Morgan fingerprint density at radius 3 is 1.85 bits per heavy atom. The lowest BCUT2D eigenvalue weighted by Gasteiger charge is -2.22. The highest BCUT2D eigenvalue weighted by Crippen LogP contribution is 2.50. The molecule has 10 rings (SSSR count). The van der Waals surface area contributed by atoms with Crippen molar-refractivity contribution < 1.29 is 0 Å². The summed E-state index contributed by atoms with van der Waals surface area (Å²) in [6.07, 6.45) is 0. The molecule has 0 N–H and O–H groups in total. The third-order valence-electron chi connectivity index (χ3n) is 10.7. The molecule has 52 heavy (non-hydrogen) atoms. The van der Waals surface area contributed by atoms with Gasteiger partial charge in [-0.2, -0.15) is 0 Å². The molecule has 0 radical (unpaired) electrons. The van der Waals surface area contributed by atoms with Gasteiger partial charge in [0.05, 0.1) is 11.4 Å². The minimum absolute atomic E-state index is 0.0393. The third kappa shape index (κ3) is 4.92. The van der Waals surface area contributed by atoms with Crippen LogP contribution in [0.3, 0.4) is 0 Å². The Bertz CT molecular complexity index is 2740. The van der Waals surface area contributed by atoms with Gasteiger partial charge in [0.25, 0.3) is 0 Å². The smallest absolute Gasteiger partial charge is 0.160 e. The number of fused-ring (bicyclic) bond motifs is 6. The number of thiophene rings is 1. The summed E-state index contributed by atoms with van der Waals surface area (Å²) in [5, 5.41) is 2.55. The van der Waals surface area contributed by atoms with Crippen molar-refractivity contribution in [2.45, 2.75) is 19.3 Å². The summed E-state index contributed by atoms with van der Waals surface area (Å²) in [4.78, 5) is 10.4. The Balaban J connectivity index is 1.15. The molecule has 0 unspecified atom stereocenters. The van der Waals surface area contributed by atoms with Gasteiger partial charge in [0.2, 0.25) is 0 Å². The summed E-state index contributed by atoms with van der Waals surface area (Å²) >= 11 is 1.86. The Labute approximate surface area is 307 Å². The van der Waals surface area contributed by atoms with E-state index in [2.05, 4.69) is 159 Å². The van der Waals surface area contributed by atoms with E-state index in [1.165, 1.54) is 64.7 Å². The van der Waals surface area contributed by atoms with E-state index in [0.717, 1.165) is 33.9 Å². The van der Waals surface area contributed by atoms with Gasteiger partial charge >= 0.3 is 0 Å². The lowest BCUT2D eigenvalue weighted by atomic mass is 9.81. The van der Waals surface area contributed by atoms with E-state index in [9.17, 15) is 0 Å². The van der Waals surface area contributed by atoms with Crippen molar-refractivity contribution in [1.82, 2.24) is 9.97 Å². The molecule has 2 heterocycles. The molecular formula is C49H34N2S. The third-order valence-corrected chi connectivity index (χ3v) is 11.9. The molecule has 9 aromatic rings. The zero-order valence-electron chi connectivity index (χ0n) is 29.0. The van der Waals surface area contributed by atoms with Gasteiger partial charge in [-0.1, -0.05) is 166 Å². The molecule has 246 valence electrons. The van der Waals surface area contributed by atoms with Crippen LogP contribution in [-0.2, 0) is 5.41 Å². The Kier molecular flexibility index (Phi) is 7.06. The number of nitrogens with zero attached hydrogens (tertiary/aromatic N) is 2. The van der Waals surface area contributed by atoms with Gasteiger partial charge in [0.1, 0.15) is 0 Å². The Morgan fingerprint density at radius 2 is 1.04 bits per heavy atom. The summed E-state index contributed by atoms with van der Waals surface area (Å²) in [5.41, 5.74) is 15.2. The second-order valence-electron chi connectivity index (χ2n) is 14.2. The molecule has 0 fully saturated rings. The highest BCUT2D eigenvalue weighted by Gasteiger charge is 2.35.